The highest BCUT2D eigenvalue weighted by Crippen LogP contribution is 2.13. The summed E-state index contributed by atoms with van der Waals surface area (Å²) in [5, 5.41) is 8.67. The van der Waals surface area contributed by atoms with Gasteiger partial charge in [0, 0.05) is 13.0 Å². The van der Waals surface area contributed by atoms with Crippen LogP contribution in [0.4, 0.5) is 0 Å². The molecule has 0 radical (unpaired) electrons. The van der Waals surface area contributed by atoms with Crippen molar-refractivity contribution in [2.45, 2.75) is 122 Å². The smallest absolute Gasteiger partial charge is 0.358 e. The third-order valence-corrected chi connectivity index (χ3v) is 5.36. The molecule has 0 aliphatic carbocycles. The van der Waals surface area contributed by atoms with Crippen LogP contribution < -0.4 is 0 Å². The fourth-order valence-corrected chi connectivity index (χ4v) is 3.61. The van der Waals surface area contributed by atoms with Crippen LogP contribution >= 0.6 is 0 Å². The summed E-state index contributed by atoms with van der Waals surface area (Å²) < 4.78 is 24.1. The van der Waals surface area contributed by atoms with Crippen LogP contribution in [0.3, 0.4) is 0 Å². The second kappa shape index (κ2) is 21.8. The van der Waals surface area contributed by atoms with Crippen molar-refractivity contribution in [3.63, 3.8) is 0 Å². The largest absolute Gasteiger partial charge is 0.481 e. The van der Waals surface area contributed by atoms with E-state index in [0.29, 0.717) is 6.54 Å². The lowest BCUT2D eigenvalue weighted by Crippen LogP contribution is -2.10. The molecule has 0 aromatic carbocycles. The summed E-state index contributed by atoms with van der Waals surface area (Å²) in [4.78, 5) is 14.7. The van der Waals surface area contributed by atoms with Gasteiger partial charge in [-0.3, -0.25) is 14.3 Å². The molecule has 0 aromatic heterocycles. The van der Waals surface area contributed by atoms with E-state index < -0.39 is 17.3 Å². The molecular formula is C22H43NO5S. The van der Waals surface area contributed by atoms with E-state index in [9.17, 15) is 9.00 Å². The number of aliphatic imine (C=N–C) groups is 1. The molecule has 0 fully saturated rings. The lowest BCUT2D eigenvalue weighted by atomic mass is 10.0. The van der Waals surface area contributed by atoms with Crippen molar-refractivity contribution in [1.82, 2.24) is 0 Å². The van der Waals surface area contributed by atoms with Crippen LogP contribution in [-0.2, 0) is 20.3 Å². The summed E-state index contributed by atoms with van der Waals surface area (Å²) in [5.41, 5.74) is 0. The predicted molar refractivity (Wildman–Crippen MR) is 121 cm³/mol. The van der Waals surface area contributed by atoms with E-state index in [2.05, 4.69) is 16.1 Å². The number of rotatable bonds is 21. The van der Waals surface area contributed by atoms with Crippen molar-refractivity contribution in [3.8, 4) is 0 Å². The van der Waals surface area contributed by atoms with Gasteiger partial charge in [0.2, 0.25) is 5.90 Å². The van der Waals surface area contributed by atoms with Gasteiger partial charge in [-0.15, -0.1) is 0 Å². The molecule has 29 heavy (non-hydrogen) atoms. The molecule has 0 bridgehead atoms. The molecule has 0 heterocycles. The summed E-state index contributed by atoms with van der Waals surface area (Å²) in [5.74, 6) is -0.929. The number of hydrogen-bond donors (Lipinski definition) is 2. The average Bonchev–Trinajstić information content (AvgIpc) is 2.67. The summed E-state index contributed by atoms with van der Waals surface area (Å²) in [6, 6.07) is 0. The fraction of sp³-hybridized carbons (Fsp3) is 0.909. The molecule has 0 rings (SSSR count). The zero-order valence-corrected chi connectivity index (χ0v) is 19.2. The standard InChI is InChI=1S/C22H43NO5S/c1-2-3-4-5-6-7-8-9-10-11-12-13-14-15-16-17-20-23-21(28-29(26)27)18-19-22(24)25/h2-20H2,1H3,(H,24,25)(H,26,27). The molecule has 0 aromatic rings. The fourth-order valence-electron chi connectivity index (χ4n) is 3.31. The van der Waals surface area contributed by atoms with Crippen molar-refractivity contribution < 1.29 is 22.8 Å². The zero-order chi connectivity index (χ0) is 21.6. The Morgan fingerprint density at radius 1 is 0.759 bits per heavy atom. The third-order valence-electron chi connectivity index (χ3n) is 5.02. The van der Waals surface area contributed by atoms with Crippen molar-refractivity contribution in [3.05, 3.63) is 0 Å². The number of nitrogens with zero attached hydrogens (tertiary/aromatic N) is 1. The lowest BCUT2D eigenvalue weighted by molar-refractivity contribution is -0.136. The first-order valence-corrected chi connectivity index (χ1v) is 12.6. The van der Waals surface area contributed by atoms with Gasteiger partial charge < -0.3 is 9.29 Å². The van der Waals surface area contributed by atoms with Gasteiger partial charge in [-0.05, 0) is 6.42 Å². The van der Waals surface area contributed by atoms with Crippen LogP contribution in [0.5, 0.6) is 0 Å². The van der Waals surface area contributed by atoms with Crippen LogP contribution in [0.25, 0.3) is 0 Å². The van der Waals surface area contributed by atoms with Crippen LogP contribution in [0.2, 0.25) is 0 Å². The maximum Gasteiger partial charge on any atom is 0.358 e. The maximum absolute atomic E-state index is 10.7. The Labute approximate surface area is 180 Å². The Bertz CT molecular complexity index is 443. The number of carboxylic acids is 1. The van der Waals surface area contributed by atoms with Crippen molar-refractivity contribution in [2.75, 3.05) is 6.54 Å². The van der Waals surface area contributed by atoms with Gasteiger partial charge in [0.15, 0.2) is 0 Å². The van der Waals surface area contributed by atoms with Crippen LogP contribution in [-0.4, -0.2) is 32.3 Å². The first kappa shape index (κ1) is 28.1. The minimum Gasteiger partial charge on any atom is -0.481 e. The number of aliphatic carboxylic acids is 1. The third kappa shape index (κ3) is 23.2. The van der Waals surface area contributed by atoms with Crippen molar-refractivity contribution >= 4 is 23.2 Å². The summed E-state index contributed by atoms with van der Waals surface area (Å²) in [7, 11) is 0. The molecule has 0 spiro atoms. The Kier molecular flexibility index (Phi) is 21.0. The Balaban J connectivity index is 3.44. The topological polar surface area (TPSA) is 96.2 Å². The van der Waals surface area contributed by atoms with Crippen molar-refractivity contribution in [1.29, 1.82) is 0 Å². The minimum atomic E-state index is -2.45. The molecule has 2 N–H and O–H groups in total. The van der Waals surface area contributed by atoms with E-state index >= 15 is 0 Å². The number of hydrogen-bond acceptors (Lipinski definition) is 4. The molecule has 172 valence electrons. The van der Waals surface area contributed by atoms with Gasteiger partial charge in [-0.2, -0.15) is 4.21 Å². The van der Waals surface area contributed by atoms with Crippen LogP contribution in [0.1, 0.15) is 122 Å². The molecule has 0 saturated carbocycles. The molecule has 0 amide bonds. The predicted octanol–water partition coefficient (Wildman–Crippen LogP) is 6.66. The number of carboxylic acid groups (broad SMARTS) is 1. The van der Waals surface area contributed by atoms with E-state index in [-0.39, 0.29) is 18.7 Å². The van der Waals surface area contributed by atoms with Gasteiger partial charge in [0.25, 0.3) is 0 Å². The molecule has 1 atom stereocenters. The molecule has 0 aliphatic rings. The minimum absolute atomic E-state index is 0.0422. The molecule has 1 unspecified atom stereocenters. The van der Waals surface area contributed by atoms with Gasteiger partial charge in [-0.1, -0.05) is 103 Å². The van der Waals surface area contributed by atoms with Gasteiger partial charge in [-0.25, -0.2) is 0 Å². The molecule has 6 nitrogen and oxygen atoms in total. The zero-order valence-electron chi connectivity index (χ0n) is 18.4. The first-order valence-electron chi connectivity index (χ1n) is 11.6. The molecule has 7 heteroatoms. The Morgan fingerprint density at radius 2 is 1.17 bits per heavy atom. The quantitative estimate of drug-likeness (QED) is 0.0912. The highest BCUT2D eigenvalue weighted by molar-refractivity contribution is 7.74. The first-order chi connectivity index (χ1) is 14.1. The summed E-state index contributed by atoms with van der Waals surface area (Å²) >= 11 is -2.45. The van der Waals surface area contributed by atoms with Crippen LogP contribution in [0.15, 0.2) is 4.99 Å². The van der Waals surface area contributed by atoms with Crippen LogP contribution in [0, 0.1) is 0 Å². The van der Waals surface area contributed by atoms with Crippen molar-refractivity contribution in [2.24, 2.45) is 4.99 Å². The summed E-state index contributed by atoms with van der Waals surface area (Å²) in [6.07, 6.45) is 20.7. The van der Waals surface area contributed by atoms with E-state index in [1.54, 1.807) is 0 Å². The average molecular weight is 434 g/mol. The van der Waals surface area contributed by atoms with E-state index in [1.165, 1.54) is 89.9 Å². The number of carbonyl (C=O) groups is 1. The highest BCUT2D eigenvalue weighted by Gasteiger charge is 2.08. The van der Waals surface area contributed by atoms with E-state index in [0.717, 1.165) is 12.8 Å². The Hall–Kier alpha value is -0.950. The van der Waals surface area contributed by atoms with Gasteiger partial charge >= 0.3 is 17.3 Å². The van der Waals surface area contributed by atoms with E-state index in [1.807, 2.05) is 0 Å². The van der Waals surface area contributed by atoms with Gasteiger partial charge in [0.1, 0.15) is 0 Å². The second-order valence-electron chi connectivity index (χ2n) is 7.77. The SMILES string of the molecule is CCCCCCCCCCCCCCCCCCN=C(CCC(=O)O)OS(=O)O. The molecular weight excluding hydrogens is 390 g/mol. The molecule has 0 aliphatic heterocycles. The second-order valence-corrected chi connectivity index (χ2v) is 8.37. The normalized spacial score (nSPS) is 12.8. The summed E-state index contributed by atoms with van der Waals surface area (Å²) in [6.45, 7) is 2.77. The molecule has 0 saturated heterocycles. The van der Waals surface area contributed by atoms with Gasteiger partial charge in [0.05, 0.1) is 6.42 Å². The monoisotopic (exact) mass is 433 g/mol. The lowest BCUT2D eigenvalue weighted by Gasteiger charge is -2.04. The number of unbranched alkanes of at least 4 members (excludes halogenated alkanes) is 15. The Morgan fingerprint density at radius 3 is 1.55 bits per heavy atom. The van der Waals surface area contributed by atoms with E-state index in [4.69, 9.17) is 9.66 Å². The maximum atomic E-state index is 10.7. The highest BCUT2D eigenvalue weighted by atomic mass is 32.2.